The average Bonchev–Trinajstić information content (AvgIpc) is 3.22. The van der Waals surface area contributed by atoms with Gasteiger partial charge in [-0.3, -0.25) is 0 Å². The molecule has 8 heteroatoms. The molecule has 30 heavy (non-hydrogen) atoms. The lowest BCUT2D eigenvalue weighted by molar-refractivity contribution is 0.247. The smallest absolute Gasteiger partial charge is 0.243 e. The standard InChI is InChI=1S/C22H21ClFN3O2S/c1-15-4-6-17(24)14-20(15)30(28,29)26-11-8-22(9-12-26)21-3-2-10-27(21)19-13-16(23)5-7-18(19)25-22/h2-7,10,13-14,25H,8-9,11-12H2,1H3. The third-order valence-corrected chi connectivity index (χ3v) is 8.45. The Hall–Kier alpha value is -2.35. The average molecular weight is 446 g/mol. The molecule has 0 radical (unpaired) electrons. The molecule has 3 heterocycles. The van der Waals surface area contributed by atoms with Gasteiger partial charge in [-0.25, -0.2) is 12.8 Å². The summed E-state index contributed by atoms with van der Waals surface area (Å²) >= 11 is 6.20. The van der Waals surface area contributed by atoms with Crippen LogP contribution in [0.3, 0.4) is 0 Å². The zero-order valence-corrected chi connectivity index (χ0v) is 18.0. The van der Waals surface area contributed by atoms with Crippen LogP contribution in [-0.4, -0.2) is 30.4 Å². The Morgan fingerprint density at radius 1 is 1.10 bits per heavy atom. The highest BCUT2D eigenvalue weighted by Crippen LogP contribution is 2.44. The van der Waals surface area contributed by atoms with Gasteiger partial charge in [0.15, 0.2) is 0 Å². The zero-order valence-electron chi connectivity index (χ0n) is 16.4. The molecule has 1 aromatic heterocycles. The van der Waals surface area contributed by atoms with Crippen molar-refractivity contribution in [2.24, 2.45) is 0 Å². The first-order chi connectivity index (χ1) is 14.3. The van der Waals surface area contributed by atoms with Gasteiger partial charge in [0.25, 0.3) is 0 Å². The topological polar surface area (TPSA) is 54.3 Å². The summed E-state index contributed by atoms with van der Waals surface area (Å²) in [5, 5.41) is 4.32. The molecule has 2 aromatic carbocycles. The highest BCUT2D eigenvalue weighted by atomic mass is 35.5. The van der Waals surface area contributed by atoms with Crippen molar-refractivity contribution in [3.05, 3.63) is 76.8 Å². The second kappa shape index (κ2) is 6.83. The Kier molecular flexibility index (Phi) is 4.47. The van der Waals surface area contributed by atoms with Crippen LogP contribution < -0.4 is 5.32 Å². The lowest BCUT2D eigenvalue weighted by Gasteiger charge is -2.46. The fourth-order valence-corrected chi connectivity index (χ4v) is 6.44. The van der Waals surface area contributed by atoms with E-state index in [9.17, 15) is 12.8 Å². The number of anilines is 1. The van der Waals surface area contributed by atoms with Crippen molar-refractivity contribution < 1.29 is 12.8 Å². The fraction of sp³-hybridized carbons (Fsp3) is 0.273. The van der Waals surface area contributed by atoms with Gasteiger partial charge in [-0.15, -0.1) is 0 Å². The lowest BCUT2D eigenvalue weighted by atomic mass is 9.83. The van der Waals surface area contributed by atoms with Crippen molar-refractivity contribution in [1.82, 2.24) is 8.87 Å². The zero-order chi connectivity index (χ0) is 21.1. The van der Waals surface area contributed by atoms with Gasteiger partial charge < -0.3 is 9.88 Å². The molecular formula is C22H21ClFN3O2S. The number of nitrogens with one attached hydrogen (secondary N) is 1. The number of piperidine rings is 1. The number of halogens is 2. The molecule has 5 rings (SSSR count). The van der Waals surface area contributed by atoms with Gasteiger partial charge >= 0.3 is 0 Å². The Labute approximate surface area is 180 Å². The molecular weight excluding hydrogens is 425 g/mol. The van der Waals surface area contributed by atoms with Crippen molar-refractivity contribution in [3.63, 3.8) is 0 Å². The number of rotatable bonds is 2. The number of hydrogen-bond acceptors (Lipinski definition) is 3. The predicted molar refractivity (Wildman–Crippen MR) is 115 cm³/mol. The van der Waals surface area contributed by atoms with Crippen LogP contribution in [-0.2, 0) is 15.6 Å². The van der Waals surface area contributed by atoms with Crippen LogP contribution in [0.5, 0.6) is 0 Å². The van der Waals surface area contributed by atoms with Crippen LogP contribution in [0.1, 0.15) is 24.1 Å². The van der Waals surface area contributed by atoms with E-state index in [0.29, 0.717) is 36.5 Å². The van der Waals surface area contributed by atoms with E-state index in [1.807, 2.05) is 30.5 Å². The van der Waals surface area contributed by atoms with E-state index >= 15 is 0 Å². The molecule has 3 aromatic rings. The highest BCUT2D eigenvalue weighted by Gasteiger charge is 2.44. The summed E-state index contributed by atoms with van der Waals surface area (Å²) in [6, 6.07) is 13.7. The first-order valence-corrected chi connectivity index (χ1v) is 11.6. The van der Waals surface area contributed by atoms with Gasteiger partial charge in [-0.05, 0) is 67.8 Å². The first-order valence-electron chi connectivity index (χ1n) is 9.82. The van der Waals surface area contributed by atoms with Gasteiger partial charge in [-0.2, -0.15) is 4.31 Å². The van der Waals surface area contributed by atoms with E-state index in [0.717, 1.165) is 23.1 Å². The molecule has 0 unspecified atom stereocenters. The Bertz CT molecular complexity index is 1250. The SMILES string of the molecule is Cc1ccc(F)cc1S(=O)(=O)N1CCC2(CC1)Nc1ccc(Cl)cc1-n1cccc12. The molecule has 0 amide bonds. The van der Waals surface area contributed by atoms with E-state index in [2.05, 4.69) is 16.0 Å². The monoisotopic (exact) mass is 445 g/mol. The van der Waals surface area contributed by atoms with Crippen LogP contribution >= 0.6 is 11.6 Å². The lowest BCUT2D eigenvalue weighted by Crippen LogP contribution is -2.51. The van der Waals surface area contributed by atoms with Gasteiger partial charge in [0, 0.05) is 30.0 Å². The molecule has 0 atom stereocenters. The Morgan fingerprint density at radius 3 is 2.63 bits per heavy atom. The Balaban J connectivity index is 1.46. The number of aromatic nitrogens is 1. The van der Waals surface area contributed by atoms with Crippen molar-refractivity contribution in [2.75, 3.05) is 18.4 Å². The summed E-state index contributed by atoms with van der Waals surface area (Å²) in [5.41, 5.74) is 3.23. The summed E-state index contributed by atoms with van der Waals surface area (Å²) in [6.07, 6.45) is 3.21. The van der Waals surface area contributed by atoms with Crippen LogP contribution in [0.4, 0.5) is 10.1 Å². The van der Waals surface area contributed by atoms with Crippen LogP contribution in [0.15, 0.2) is 59.6 Å². The maximum atomic E-state index is 13.7. The van der Waals surface area contributed by atoms with Crippen molar-refractivity contribution in [2.45, 2.75) is 30.2 Å². The number of hydrogen-bond donors (Lipinski definition) is 1. The molecule has 156 valence electrons. The summed E-state index contributed by atoms with van der Waals surface area (Å²) in [5.74, 6) is -0.547. The number of nitrogens with zero attached hydrogens (tertiary/aromatic N) is 2. The van der Waals surface area contributed by atoms with Crippen molar-refractivity contribution in [1.29, 1.82) is 0 Å². The van der Waals surface area contributed by atoms with E-state index < -0.39 is 15.8 Å². The van der Waals surface area contributed by atoms with Crippen LogP contribution in [0.25, 0.3) is 5.69 Å². The quantitative estimate of drug-likeness (QED) is 0.623. The maximum Gasteiger partial charge on any atom is 0.243 e. The third-order valence-electron chi connectivity index (χ3n) is 6.18. The minimum Gasteiger partial charge on any atom is -0.372 e. The maximum absolute atomic E-state index is 13.7. The minimum absolute atomic E-state index is 0.0402. The molecule has 2 aliphatic rings. The number of aryl methyl sites for hydroxylation is 1. The van der Waals surface area contributed by atoms with Gasteiger partial charge in [-0.1, -0.05) is 17.7 Å². The van der Waals surface area contributed by atoms with Crippen LogP contribution in [0, 0.1) is 12.7 Å². The van der Waals surface area contributed by atoms with E-state index in [1.54, 1.807) is 6.92 Å². The van der Waals surface area contributed by atoms with Crippen molar-refractivity contribution >= 4 is 27.3 Å². The Morgan fingerprint density at radius 2 is 1.87 bits per heavy atom. The number of fused-ring (bicyclic) bond motifs is 4. The highest BCUT2D eigenvalue weighted by molar-refractivity contribution is 7.89. The molecule has 1 spiro atoms. The molecule has 0 saturated carbocycles. The second-order valence-corrected chi connectivity index (χ2v) is 10.3. The molecule has 0 bridgehead atoms. The first kappa shape index (κ1) is 19.6. The van der Waals surface area contributed by atoms with E-state index in [4.69, 9.17) is 11.6 Å². The third kappa shape index (κ3) is 2.95. The normalized spacial score (nSPS) is 18.0. The summed E-state index contributed by atoms with van der Waals surface area (Å²) in [6.45, 7) is 2.38. The number of sulfonamides is 1. The predicted octanol–water partition coefficient (Wildman–Crippen LogP) is 4.68. The van der Waals surface area contributed by atoms with E-state index in [1.165, 1.54) is 16.4 Å². The molecule has 2 aliphatic heterocycles. The summed E-state index contributed by atoms with van der Waals surface area (Å²) < 4.78 is 43.7. The van der Waals surface area contributed by atoms with Gasteiger partial charge in [0.2, 0.25) is 10.0 Å². The molecule has 1 N–H and O–H groups in total. The van der Waals surface area contributed by atoms with Crippen LogP contribution in [0.2, 0.25) is 5.02 Å². The van der Waals surface area contributed by atoms with Gasteiger partial charge in [0.05, 0.1) is 21.8 Å². The molecule has 1 saturated heterocycles. The molecule has 5 nitrogen and oxygen atoms in total. The number of benzene rings is 2. The fourth-order valence-electron chi connectivity index (χ4n) is 4.59. The summed E-state index contributed by atoms with van der Waals surface area (Å²) in [7, 11) is -3.76. The van der Waals surface area contributed by atoms with Gasteiger partial charge in [0.1, 0.15) is 5.82 Å². The second-order valence-electron chi connectivity index (χ2n) is 7.95. The van der Waals surface area contributed by atoms with Crippen molar-refractivity contribution in [3.8, 4) is 5.69 Å². The van der Waals surface area contributed by atoms with E-state index in [-0.39, 0.29) is 10.4 Å². The minimum atomic E-state index is -3.76. The molecule has 0 aliphatic carbocycles. The molecule has 1 fully saturated rings. The largest absolute Gasteiger partial charge is 0.372 e. The summed E-state index contributed by atoms with van der Waals surface area (Å²) in [4.78, 5) is 0.0402.